The molecule has 2 aromatic carbocycles. The first kappa shape index (κ1) is 24.1. The first-order valence-corrected chi connectivity index (χ1v) is 11.8. The summed E-state index contributed by atoms with van der Waals surface area (Å²) in [4.78, 5) is 25.8. The Morgan fingerprint density at radius 3 is 1.28 bits per heavy atom. The molecule has 0 radical (unpaired) electrons. The Labute approximate surface area is 199 Å². The second-order valence-corrected chi connectivity index (χ2v) is 8.64. The fourth-order valence-corrected chi connectivity index (χ4v) is 3.88. The fraction of sp³-hybridized carbons (Fsp3) is 0.308. The van der Waals surface area contributed by atoms with E-state index >= 15 is 0 Å². The molecule has 6 heteroatoms. The number of nitrogens with one attached hydrogen (secondary N) is 2. The van der Waals surface area contributed by atoms with Gasteiger partial charge < -0.3 is 10.6 Å². The van der Waals surface area contributed by atoms with Gasteiger partial charge >= 0.3 is 0 Å². The molecule has 2 N–H and O–H groups in total. The Morgan fingerprint density at radius 2 is 0.969 bits per heavy atom. The summed E-state index contributed by atoms with van der Waals surface area (Å²) in [7, 11) is 0. The Hall–Kier alpha value is -2.56. The summed E-state index contributed by atoms with van der Waals surface area (Å²) in [6.45, 7) is 4.30. The van der Waals surface area contributed by atoms with Crippen molar-refractivity contribution in [2.75, 3.05) is 10.6 Å². The van der Waals surface area contributed by atoms with Gasteiger partial charge in [-0.05, 0) is 61.1 Å². The second-order valence-electron chi connectivity index (χ2n) is 7.89. The normalized spacial score (nSPS) is 14.2. The van der Waals surface area contributed by atoms with Gasteiger partial charge in [-0.3, -0.25) is 9.59 Å². The summed E-state index contributed by atoms with van der Waals surface area (Å²) >= 11 is 12.6. The zero-order valence-electron chi connectivity index (χ0n) is 18.4. The molecule has 32 heavy (non-hydrogen) atoms. The highest BCUT2D eigenvalue weighted by molar-refractivity contribution is 6.56. The molecule has 3 rings (SSSR count). The van der Waals surface area contributed by atoms with Crippen LogP contribution in [0.3, 0.4) is 0 Å². The average Bonchev–Trinajstić information content (AvgIpc) is 2.82. The predicted octanol–water partition coefficient (Wildman–Crippen LogP) is 6.95. The minimum atomic E-state index is -0.520. The van der Waals surface area contributed by atoms with E-state index in [1.165, 1.54) is 11.1 Å². The van der Waals surface area contributed by atoms with Crippen LogP contribution in [0.15, 0.2) is 70.0 Å². The maximum Gasteiger partial charge on any atom is 0.224 e. The van der Waals surface area contributed by atoms with E-state index < -0.39 is 11.6 Å². The number of hydrogen-bond acceptors (Lipinski definition) is 4. The summed E-state index contributed by atoms with van der Waals surface area (Å²) in [6, 6.07) is 15.5. The van der Waals surface area contributed by atoms with E-state index in [-0.39, 0.29) is 21.5 Å². The first-order valence-electron chi connectivity index (χ1n) is 11.1. The number of allylic oxidation sites excluding steroid dienone is 2. The number of aryl methyl sites for hydroxylation is 2. The van der Waals surface area contributed by atoms with Crippen molar-refractivity contribution >= 4 is 46.1 Å². The van der Waals surface area contributed by atoms with Gasteiger partial charge in [-0.1, -0.05) is 74.2 Å². The predicted molar refractivity (Wildman–Crippen MR) is 133 cm³/mol. The van der Waals surface area contributed by atoms with Gasteiger partial charge in [0.25, 0.3) is 0 Å². The number of halogens is 2. The molecule has 2 aromatic rings. The van der Waals surface area contributed by atoms with E-state index in [0.29, 0.717) is 11.4 Å². The van der Waals surface area contributed by atoms with Gasteiger partial charge in [0, 0.05) is 11.4 Å². The van der Waals surface area contributed by atoms with Crippen LogP contribution in [0, 0.1) is 0 Å². The Balaban J connectivity index is 1.73. The largest absolute Gasteiger partial charge is 0.351 e. The molecule has 168 valence electrons. The zero-order valence-corrected chi connectivity index (χ0v) is 19.9. The average molecular weight is 471 g/mol. The fourth-order valence-electron chi connectivity index (χ4n) is 3.43. The van der Waals surface area contributed by atoms with Crippen molar-refractivity contribution in [2.45, 2.75) is 52.4 Å². The number of benzene rings is 2. The Kier molecular flexibility index (Phi) is 8.54. The number of Topliss-reactive ketones (excluding diaryl/α,β-unsaturated/α-hetero) is 2. The van der Waals surface area contributed by atoms with Gasteiger partial charge in [-0.25, -0.2) is 0 Å². The summed E-state index contributed by atoms with van der Waals surface area (Å²) in [5.41, 5.74) is 3.75. The van der Waals surface area contributed by atoms with Crippen LogP contribution in [0.5, 0.6) is 0 Å². The van der Waals surface area contributed by atoms with E-state index in [4.69, 9.17) is 23.2 Å². The number of unbranched alkanes of at least 4 members (excludes halogenated alkanes) is 2. The van der Waals surface area contributed by atoms with Gasteiger partial charge in [0.05, 0.1) is 0 Å². The second kappa shape index (κ2) is 11.3. The monoisotopic (exact) mass is 470 g/mol. The van der Waals surface area contributed by atoms with E-state index in [0.717, 1.165) is 38.5 Å². The summed E-state index contributed by atoms with van der Waals surface area (Å²) < 4.78 is 0. The lowest BCUT2D eigenvalue weighted by atomic mass is 10.0. The van der Waals surface area contributed by atoms with Crippen LogP contribution in [-0.4, -0.2) is 11.6 Å². The highest BCUT2D eigenvalue weighted by Gasteiger charge is 2.33. The maximum absolute atomic E-state index is 12.9. The van der Waals surface area contributed by atoms with Gasteiger partial charge in [-0.15, -0.1) is 0 Å². The number of rotatable bonds is 10. The topological polar surface area (TPSA) is 58.2 Å². The number of carbonyl (C=O) groups is 2. The van der Waals surface area contributed by atoms with Gasteiger partial charge in [-0.2, -0.15) is 0 Å². The van der Waals surface area contributed by atoms with Crippen LogP contribution in [-0.2, 0) is 22.4 Å². The molecule has 0 aliphatic heterocycles. The third-order valence-corrected chi connectivity index (χ3v) is 6.10. The molecule has 0 bridgehead atoms. The SMILES string of the molecule is CCCCc1ccc(NC2=C(Cl)C(=O)C(Nc3ccc(CCCC)cc3)=C(Cl)C2=O)cc1. The minimum absolute atomic E-state index is 0.0107. The summed E-state index contributed by atoms with van der Waals surface area (Å²) in [6.07, 6.45) is 6.50. The van der Waals surface area contributed by atoms with E-state index in [9.17, 15) is 9.59 Å². The van der Waals surface area contributed by atoms with Crippen molar-refractivity contribution < 1.29 is 9.59 Å². The third-order valence-electron chi connectivity index (χ3n) is 5.38. The molecule has 4 nitrogen and oxygen atoms in total. The molecular formula is C26H28Cl2N2O2. The van der Waals surface area contributed by atoms with Crippen molar-refractivity contribution in [1.29, 1.82) is 0 Å². The number of ketones is 2. The highest BCUT2D eigenvalue weighted by Crippen LogP contribution is 2.31. The molecular weight excluding hydrogens is 443 g/mol. The Bertz CT molecular complexity index is 953. The lowest BCUT2D eigenvalue weighted by molar-refractivity contribution is -0.115. The van der Waals surface area contributed by atoms with E-state index in [1.807, 2.05) is 48.5 Å². The van der Waals surface area contributed by atoms with E-state index in [2.05, 4.69) is 24.5 Å². The quantitative estimate of drug-likeness (QED) is 0.368. The molecule has 0 saturated heterocycles. The Morgan fingerprint density at radius 1 is 0.625 bits per heavy atom. The van der Waals surface area contributed by atoms with Crippen LogP contribution in [0.1, 0.15) is 50.7 Å². The van der Waals surface area contributed by atoms with Crippen molar-refractivity contribution in [3.8, 4) is 0 Å². The highest BCUT2D eigenvalue weighted by atomic mass is 35.5. The molecule has 0 spiro atoms. The number of hydrogen-bond donors (Lipinski definition) is 2. The van der Waals surface area contributed by atoms with Crippen LogP contribution in [0.25, 0.3) is 0 Å². The molecule has 1 aliphatic rings. The minimum Gasteiger partial charge on any atom is -0.351 e. The number of anilines is 2. The van der Waals surface area contributed by atoms with Crippen LogP contribution < -0.4 is 10.6 Å². The van der Waals surface area contributed by atoms with Crippen molar-refractivity contribution in [2.24, 2.45) is 0 Å². The third kappa shape index (κ3) is 5.81. The molecule has 0 atom stereocenters. The van der Waals surface area contributed by atoms with Crippen LogP contribution in [0.2, 0.25) is 0 Å². The first-order chi connectivity index (χ1) is 15.4. The summed E-state index contributed by atoms with van der Waals surface area (Å²) in [5.74, 6) is -1.04. The molecule has 1 aliphatic carbocycles. The van der Waals surface area contributed by atoms with Gasteiger partial charge in [0.15, 0.2) is 0 Å². The van der Waals surface area contributed by atoms with Crippen molar-refractivity contribution in [3.05, 3.63) is 81.1 Å². The summed E-state index contributed by atoms with van der Waals surface area (Å²) in [5, 5.41) is 5.57. The molecule has 0 heterocycles. The van der Waals surface area contributed by atoms with E-state index in [1.54, 1.807) is 0 Å². The van der Waals surface area contributed by atoms with Crippen LogP contribution in [0.4, 0.5) is 11.4 Å². The van der Waals surface area contributed by atoms with Gasteiger partial charge in [0.2, 0.25) is 11.6 Å². The molecule has 0 amide bonds. The standard InChI is InChI=1S/C26H28Cl2N2O2/c1-3-5-7-17-9-13-19(14-10-17)29-23-21(27)26(32)24(22(28)25(23)31)30-20-15-11-18(12-16-20)8-6-4-2/h9-16,29-30H,3-8H2,1-2H3. The molecule has 0 fully saturated rings. The lowest BCUT2D eigenvalue weighted by Gasteiger charge is -2.20. The van der Waals surface area contributed by atoms with Gasteiger partial charge in [0.1, 0.15) is 21.5 Å². The molecule has 0 aromatic heterocycles. The van der Waals surface area contributed by atoms with Crippen molar-refractivity contribution in [3.63, 3.8) is 0 Å². The molecule has 0 saturated carbocycles. The number of carbonyl (C=O) groups excluding carboxylic acids is 2. The maximum atomic E-state index is 12.9. The zero-order chi connectivity index (χ0) is 23.1. The van der Waals surface area contributed by atoms with Crippen LogP contribution >= 0.6 is 23.2 Å². The smallest absolute Gasteiger partial charge is 0.224 e. The lowest BCUT2D eigenvalue weighted by Crippen LogP contribution is -2.27. The molecule has 0 unspecified atom stereocenters. The van der Waals surface area contributed by atoms with Crippen molar-refractivity contribution in [1.82, 2.24) is 0 Å².